The Bertz CT molecular complexity index is 1480. The van der Waals surface area contributed by atoms with Gasteiger partial charge in [-0.25, -0.2) is 0 Å². The molecule has 0 amide bonds. The largest absolute Gasteiger partial charge is 0.423 e. The van der Waals surface area contributed by atoms with Crippen LogP contribution in [0.1, 0.15) is 50.4 Å². The number of anilines is 3. The van der Waals surface area contributed by atoms with E-state index >= 15 is 0 Å². The highest BCUT2D eigenvalue weighted by molar-refractivity contribution is 6.37. The van der Waals surface area contributed by atoms with Gasteiger partial charge in [0, 0.05) is 79.5 Å². The molecule has 41 heavy (non-hydrogen) atoms. The third-order valence-electron chi connectivity index (χ3n) is 6.84. The number of nitrogens with one attached hydrogen (secondary N) is 3. The number of ether oxygens (including phenoxy) is 1. The van der Waals surface area contributed by atoms with Crippen molar-refractivity contribution in [2.24, 2.45) is 0 Å². The third kappa shape index (κ3) is 7.37. The summed E-state index contributed by atoms with van der Waals surface area (Å²) < 4.78 is 6.15. The molecule has 1 aliphatic carbocycles. The first kappa shape index (κ1) is 29.9. The fourth-order valence-electron chi connectivity index (χ4n) is 4.69. The minimum atomic E-state index is 0.207. The number of halogens is 1. The second-order valence-electron chi connectivity index (χ2n) is 9.63. The van der Waals surface area contributed by atoms with Crippen LogP contribution in [0.15, 0.2) is 43.5 Å². The van der Waals surface area contributed by atoms with E-state index in [0.29, 0.717) is 34.7 Å². The molecule has 3 aromatic heterocycles. The average molecular weight is 576 g/mol. The van der Waals surface area contributed by atoms with Gasteiger partial charge in [0.2, 0.25) is 0 Å². The normalized spacial score (nSPS) is 14.9. The Kier molecular flexibility index (Phi) is 10.2. The predicted molar refractivity (Wildman–Crippen MR) is 165 cm³/mol. The summed E-state index contributed by atoms with van der Waals surface area (Å²) in [4.78, 5) is 17.2. The van der Waals surface area contributed by atoms with Crippen molar-refractivity contribution >= 4 is 40.0 Å². The van der Waals surface area contributed by atoms with Gasteiger partial charge in [-0.2, -0.15) is 20.3 Å². The monoisotopic (exact) mass is 575 g/mol. The molecule has 1 saturated heterocycles. The molecule has 6 rings (SSSR count). The maximum atomic E-state index is 8.90. The molecule has 2 aliphatic rings. The molecule has 10 nitrogen and oxygen atoms in total. The number of aromatic amines is 2. The highest BCUT2D eigenvalue weighted by Gasteiger charge is 2.26. The van der Waals surface area contributed by atoms with Crippen LogP contribution in [-0.2, 0) is 0 Å². The van der Waals surface area contributed by atoms with Gasteiger partial charge in [-0.1, -0.05) is 25.4 Å². The molecular weight excluding hydrogens is 538 g/mol. The number of rotatable bonds is 8. The van der Waals surface area contributed by atoms with Crippen LogP contribution in [0.4, 0.5) is 17.5 Å². The fourth-order valence-corrected chi connectivity index (χ4v) is 4.95. The van der Waals surface area contributed by atoms with Crippen LogP contribution < -0.4 is 15.0 Å². The third-order valence-corrected chi connectivity index (χ3v) is 7.23. The summed E-state index contributed by atoms with van der Waals surface area (Å²) in [5, 5.41) is 21.1. The van der Waals surface area contributed by atoms with E-state index in [0.717, 1.165) is 60.8 Å². The van der Waals surface area contributed by atoms with Crippen molar-refractivity contribution in [1.29, 1.82) is 5.26 Å². The molecule has 0 unspecified atom stereocenters. The molecule has 216 valence electrons. The van der Waals surface area contributed by atoms with E-state index in [4.69, 9.17) is 26.6 Å². The first-order chi connectivity index (χ1) is 20.1. The van der Waals surface area contributed by atoms with Gasteiger partial charge in [-0.3, -0.25) is 10.00 Å². The van der Waals surface area contributed by atoms with Gasteiger partial charge in [-0.05, 0) is 38.0 Å². The van der Waals surface area contributed by atoms with Gasteiger partial charge in [0.05, 0.1) is 11.1 Å². The number of aryl methyl sites for hydroxylation is 1. The Labute approximate surface area is 246 Å². The molecule has 1 aromatic carbocycles. The van der Waals surface area contributed by atoms with Gasteiger partial charge < -0.3 is 19.9 Å². The van der Waals surface area contributed by atoms with E-state index in [-0.39, 0.29) is 6.01 Å². The number of benzene rings is 1. The van der Waals surface area contributed by atoms with Gasteiger partial charge >= 0.3 is 6.01 Å². The lowest BCUT2D eigenvalue weighted by Crippen LogP contribution is -2.46. The first-order valence-electron chi connectivity index (χ1n) is 14.1. The van der Waals surface area contributed by atoms with Crippen molar-refractivity contribution in [2.45, 2.75) is 46.0 Å². The Morgan fingerprint density at radius 3 is 2.56 bits per heavy atom. The van der Waals surface area contributed by atoms with Crippen LogP contribution in [0, 0.1) is 18.3 Å². The molecule has 0 atom stereocenters. The molecule has 0 bridgehead atoms. The highest BCUT2D eigenvalue weighted by atomic mass is 35.5. The summed E-state index contributed by atoms with van der Waals surface area (Å²) >= 11 is 6.69. The summed E-state index contributed by atoms with van der Waals surface area (Å²) in [5.74, 6) is 3.14. The average Bonchev–Trinajstić information content (AvgIpc) is 3.63. The lowest BCUT2D eigenvalue weighted by molar-refractivity contribution is 0.262. The Hall–Kier alpha value is -4.07. The van der Waals surface area contributed by atoms with Gasteiger partial charge in [0.25, 0.3) is 0 Å². The van der Waals surface area contributed by atoms with Crippen LogP contribution in [0.2, 0.25) is 5.02 Å². The minimum Gasteiger partial charge on any atom is -0.423 e. The van der Waals surface area contributed by atoms with E-state index in [1.807, 2.05) is 51.1 Å². The van der Waals surface area contributed by atoms with Crippen LogP contribution in [0.25, 0.3) is 10.9 Å². The summed E-state index contributed by atoms with van der Waals surface area (Å²) in [5.41, 5.74) is 3.12. The Morgan fingerprint density at radius 2 is 1.85 bits per heavy atom. The molecule has 3 N–H and O–H groups in total. The van der Waals surface area contributed by atoms with Gasteiger partial charge in [-0.15, -0.1) is 13.2 Å². The van der Waals surface area contributed by atoms with E-state index in [9.17, 15) is 0 Å². The molecule has 4 heterocycles. The maximum Gasteiger partial charge on any atom is 0.325 e. The van der Waals surface area contributed by atoms with Crippen molar-refractivity contribution in [3.63, 3.8) is 0 Å². The smallest absolute Gasteiger partial charge is 0.325 e. The Balaban J connectivity index is 0.000000929. The quantitative estimate of drug-likeness (QED) is 0.193. The van der Waals surface area contributed by atoms with Gasteiger partial charge in [0.1, 0.15) is 17.4 Å². The molecule has 4 aromatic rings. The van der Waals surface area contributed by atoms with Crippen LogP contribution in [0.5, 0.6) is 11.8 Å². The van der Waals surface area contributed by atoms with Crippen molar-refractivity contribution < 1.29 is 4.74 Å². The molecule has 2 fully saturated rings. The summed E-state index contributed by atoms with van der Waals surface area (Å²) in [6.07, 6.45) is 2.94. The van der Waals surface area contributed by atoms with E-state index in [2.05, 4.69) is 54.5 Å². The number of fused-ring (bicyclic) bond motifs is 1. The highest BCUT2D eigenvalue weighted by Crippen LogP contribution is 2.40. The molecular formula is C30H38ClN9O. The van der Waals surface area contributed by atoms with Crippen LogP contribution >= 0.6 is 11.6 Å². The number of nitriles is 1. The second-order valence-corrected chi connectivity index (χ2v) is 10.0. The first-order valence-corrected chi connectivity index (χ1v) is 14.4. The van der Waals surface area contributed by atoms with Crippen LogP contribution in [-0.4, -0.2) is 62.8 Å². The summed E-state index contributed by atoms with van der Waals surface area (Å²) in [6.45, 7) is 16.1. The van der Waals surface area contributed by atoms with Crippen LogP contribution in [0.3, 0.4) is 0 Å². The lowest BCUT2D eigenvalue weighted by atomic mass is 10.2. The molecule has 0 radical (unpaired) electrons. The standard InChI is InChI=1S/C26H28ClN9O.C2H6.C2H4/c1-16-13-18-19(29-16)5-6-21(25(18)27)37-26-31-22(30-23-14-20(33-34-23)17-3-4-17)15-24(32-26)36-11-9-35(10-12-36)8-2-7-28;2*1-2/h5-6,13-15,17,29H,2-4,8-12H2,1H3,(H2,30,31,32,33,34);1-2H3;1-2H2. The zero-order valence-electron chi connectivity index (χ0n) is 24.0. The Morgan fingerprint density at radius 1 is 1.10 bits per heavy atom. The number of nitrogens with zero attached hydrogens (tertiary/aromatic N) is 6. The number of hydrogen-bond acceptors (Lipinski definition) is 8. The van der Waals surface area contributed by atoms with E-state index < -0.39 is 0 Å². The molecule has 11 heteroatoms. The topological polar surface area (TPSA) is 122 Å². The van der Waals surface area contributed by atoms with Crippen molar-refractivity contribution in [1.82, 2.24) is 30.0 Å². The zero-order chi connectivity index (χ0) is 29.4. The second kappa shape index (κ2) is 14.0. The van der Waals surface area contributed by atoms with Crippen molar-refractivity contribution in [3.05, 3.63) is 59.9 Å². The number of H-pyrrole nitrogens is 2. The zero-order valence-corrected chi connectivity index (χ0v) is 24.8. The van der Waals surface area contributed by atoms with Gasteiger partial charge in [0.15, 0.2) is 5.82 Å². The summed E-state index contributed by atoms with van der Waals surface area (Å²) in [7, 11) is 0. The lowest BCUT2D eigenvalue weighted by Gasteiger charge is -2.35. The predicted octanol–water partition coefficient (Wildman–Crippen LogP) is 6.92. The molecule has 0 spiro atoms. The molecule has 1 aliphatic heterocycles. The minimum absolute atomic E-state index is 0.207. The van der Waals surface area contributed by atoms with Crippen molar-refractivity contribution in [3.8, 4) is 17.8 Å². The number of piperazine rings is 1. The molecule has 1 saturated carbocycles. The summed E-state index contributed by atoms with van der Waals surface area (Å²) in [6, 6.07) is 12.2. The van der Waals surface area contributed by atoms with E-state index in [1.165, 1.54) is 12.8 Å². The van der Waals surface area contributed by atoms with Crippen molar-refractivity contribution in [2.75, 3.05) is 42.9 Å². The number of hydrogen-bond donors (Lipinski definition) is 3. The maximum absolute atomic E-state index is 8.90. The fraction of sp³-hybridized carbons (Fsp3) is 0.400. The van der Waals surface area contributed by atoms with E-state index in [1.54, 1.807) is 0 Å². The SMILES string of the molecule is C=C.CC.Cc1cc2c(Cl)c(Oc3nc(Nc4cc(C5CC5)[nH]n4)cc(N4CCN(CCC#N)CC4)n3)ccc2[nH]1. The number of aromatic nitrogens is 5.